The SMILES string of the molecule is O=Cc1ccc(C(=O)ON2C(=O)CC(S(=O)(=O)O)C2=O)cc1. The van der Waals surface area contributed by atoms with Crippen molar-refractivity contribution < 1.29 is 37.0 Å². The second-order valence-electron chi connectivity index (χ2n) is 4.35. The fraction of sp³-hybridized carbons (Fsp3) is 0.167. The summed E-state index contributed by atoms with van der Waals surface area (Å²) in [5, 5.41) is -1.97. The topological polar surface area (TPSA) is 135 Å². The summed E-state index contributed by atoms with van der Waals surface area (Å²) in [6, 6.07) is 5.10. The quantitative estimate of drug-likeness (QED) is 0.448. The number of carbonyl (C=O) groups is 4. The second-order valence-corrected chi connectivity index (χ2v) is 5.95. The zero-order valence-corrected chi connectivity index (χ0v) is 11.6. The third kappa shape index (κ3) is 3.02. The van der Waals surface area contributed by atoms with Crippen molar-refractivity contribution in [1.82, 2.24) is 5.06 Å². The molecule has 0 radical (unpaired) electrons. The summed E-state index contributed by atoms with van der Waals surface area (Å²) in [7, 11) is -4.77. The molecule has 1 aromatic rings. The summed E-state index contributed by atoms with van der Waals surface area (Å²) in [5.41, 5.74) is 0.248. The molecular formula is C12H9NO8S. The molecule has 116 valence electrons. The molecule has 1 aromatic carbocycles. The van der Waals surface area contributed by atoms with Gasteiger partial charge in [-0.1, -0.05) is 12.1 Å². The van der Waals surface area contributed by atoms with Crippen LogP contribution in [0.15, 0.2) is 24.3 Å². The predicted octanol–water partition coefficient (Wildman–Crippen LogP) is -0.414. The molecule has 0 saturated carbocycles. The molecule has 0 aliphatic carbocycles. The van der Waals surface area contributed by atoms with Crippen molar-refractivity contribution in [2.75, 3.05) is 0 Å². The molecule has 9 nitrogen and oxygen atoms in total. The first kappa shape index (κ1) is 15.8. The third-order valence-corrected chi connectivity index (χ3v) is 3.97. The maximum absolute atomic E-state index is 11.8. The van der Waals surface area contributed by atoms with E-state index < -0.39 is 39.6 Å². The van der Waals surface area contributed by atoms with E-state index in [0.29, 0.717) is 11.8 Å². The predicted molar refractivity (Wildman–Crippen MR) is 69.1 cm³/mol. The monoisotopic (exact) mass is 327 g/mol. The van der Waals surface area contributed by atoms with Crippen molar-refractivity contribution in [3.8, 4) is 0 Å². The van der Waals surface area contributed by atoms with E-state index in [0.717, 1.165) is 0 Å². The number of hydrogen-bond donors (Lipinski definition) is 1. The van der Waals surface area contributed by atoms with Gasteiger partial charge in [-0.3, -0.25) is 18.9 Å². The number of amides is 2. The van der Waals surface area contributed by atoms with Crippen LogP contribution < -0.4 is 0 Å². The summed E-state index contributed by atoms with van der Waals surface area (Å²) in [6.45, 7) is 0. The Bertz CT molecular complexity index is 752. The zero-order valence-electron chi connectivity index (χ0n) is 10.8. The number of hydrogen-bond acceptors (Lipinski definition) is 7. The minimum absolute atomic E-state index is 0.00834. The molecule has 2 amide bonds. The van der Waals surface area contributed by atoms with Crippen LogP contribution in [-0.4, -0.2) is 47.4 Å². The molecule has 2 rings (SSSR count). The Hall–Kier alpha value is -2.59. The van der Waals surface area contributed by atoms with E-state index in [-0.39, 0.29) is 10.6 Å². The van der Waals surface area contributed by atoms with Gasteiger partial charge in [-0.05, 0) is 12.1 Å². The van der Waals surface area contributed by atoms with E-state index in [1.165, 1.54) is 24.3 Å². The van der Waals surface area contributed by atoms with Crippen molar-refractivity contribution in [3.63, 3.8) is 0 Å². The Morgan fingerprint density at radius 2 is 1.86 bits per heavy atom. The first-order valence-electron chi connectivity index (χ1n) is 5.84. The summed E-state index contributed by atoms with van der Waals surface area (Å²) in [6.07, 6.45) is -0.256. The molecule has 22 heavy (non-hydrogen) atoms. The summed E-state index contributed by atoms with van der Waals surface area (Å²) < 4.78 is 30.7. The lowest BCUT2D eigenvalue weighted by Gasteiger charge is -2.13. The molecule has 1 unspecified atom stereocenters. The number of imide groups is 1. The number of hydroxylamine groups is 2. The Labute approximate surface area is 124 Å². The van der Waals surface area contributed by atoms with Gasteiger partial charge in [0.25, 0.3) is 21.9 Å². The number of rotatable bonds is 4. The van der Waals surface area contributed by atoms with Crippen LogP contribution in [0.2, 0.25) is 0 Å². The van der Waals surface area contributed by atoms with Gasteiger partial charge >= 0.3 is 5.97 Å². The molecule has 1 atom stereocenters. The highest BCUT2D eigenvalue weighted by atomic mass is 32.2. The third-order valence-electron chi connectivity index (χ3n) is 2.88. The number of benzene rings is 1. The molecule has 1 fully saturated rings. The Morgan fingerprint density at radius 3 is 2.32 bits per heavy atom. The van der Waals surface area contributed by atoms with Crippen LogP contribution in [-0.2, 0) is 24.5 Å². The van der Waals surface area contributed by atoms with E-state index >= 15 is 0 Å². The average molecular weight is 327 g/mol. The minimum atomic E-state index is -4.77. The Balaban J connectivity index is 2.16. The normalized spacial score (nSPS) is 18.4. The summed E-state index contributed by atoms with van der Waals surface area (Å²) in [4.78, 5) is 50.0. The van der Waals surface area contributed by atoms with E-state index in [1.54, 1.807) is 0 Å². The minimum Gasteiger partial charge on any atom is -0.325 e. The lowest BCUT2D eigenvalue weighted by atomic mass is 10.1. The first-order chi connectivity index (χ1) is 10.2. The lowest BCUT2D eigenvalue weighted by molar-refractivity contribution is -0.172. The highest BCUT2D eigenvalue weighted by Crippen LogP contribution is 2.20. The van der Waals surface area contributed by atoms with Crippen LogP contribution in [0.4, 0.5) is 0 Å². The first-order valence-corrected chi connectivity index (χ1v) is 7.35. The van der Waals surface area contributed by atoms with Crippen LogP contribution >= 0.6 is 0 Å². The highest BCUT2D eigenvalue weighted by Gasteiger charge is 2.48. The molecule has 1 saturated heterocycles. The number of aldehydes is 1. The van der Waals surface area contributed by atoms with Gasteiger partial charge in [0, 0.05) is 5.56 Å². The van der Waals surface area contributed by atoms with Gasteiger partial charge in [-0.25, -0.2) is 4.79 Å². The van der Waals surface area contributed by atoms with Crippen molar-refractivity contribution in [1.29, 1.82) is 0 Å². The van der Waals surface area contributed by atoms with Crippen LogP contribution in [0.5, 0.6) is 0 Å². The molecular weight excluding hydrogens is 318 g/mol. The Morgan fingerprint density at radius 1 is 1.27 bits per heavy atom. The lowest BCUT2D eigenvalue weighted by Crippen LogP contribution is -2.36. The van der Waals surface area contributed by atoms with Gasteiger partial charge in [0.05, 0.1) is 12.0 Å². The van der Waals surface area contributed by atoms with Gasteiger partial charge in [0.2, 0.25) is 0 Å². The number of nitrogens with zero attached hydrogens (tertiary/aromatic N) is 1. The smallest absolute Gasteiger partial charge is 0.325 e. The second kappa shape index (κ2) is 5.66. The molecule has 0 spiro atoms. The molecule has 0 aromatic heterocycles. The molecule has 10 heteroatoms. The van der Waals surface area contributed by atoms with Crippen LogP contribution in [0, 0.1) is 0 Å². The maximum atomic E-state index is 11.8. The van der Waals surface area contributed by atoms with Crippen LogP contribution in [0.3, 0.4) is 0 Å². The van der Waals surface area contributed by atoms with Gasteiger partial charge < -0.3 is 4.84 Å². The Kier molecular flexibility index (Phi) is 4.06. The standard InChI is InChI=1S/C12H9NO8S/c14-6-7-1-3-8(4-2-7)12(17)21-13-10(15)5-9(11(13)16)22(18,19)20/h1-4,6,9H,5H2,(H,18,19,20). The summed E-state index contributed by atoms with van der Waals surface area (Å²) in [5.74, 6) is -3.49. The van der Waals surface area contributed by atoms with Crippen LogP contribution in [0.25, 0.3) is 0 Å². The van der Waals surface area contributed by atoms with Gasteiger partial charge in [-0.2, -0.15) is 8.42 Å². The van der Waals surface area contributed by atoms with Gasteiger partial charge in [0.1, 0.15) is 6.29 Å². The average Bonchev–Trinajstić information content (AvgIpc) is 2.75. The van der Waals surface area contributed by atoms with E-state index in [9.17, 15) is 27.6 Å². The molecule has 1 aliphatic rings. The van der Waals surface area contributed by atoms with Crippen molar-refractivity contribution in [3.05, 3.63) is 35.4 Å². The molecule has 1 N–H and O–H groups in total. The van der Waals surface area contributed by atoms with E-state index in [4.69, 9.17) is 4.55 Å². The van der Waals surface area contributed by atoms with E-state index in [1.807, 2.05) is 0 Å². The maximum Gasteiger partial charge on any atom is 0.363 e. The van der Waals surface area contributed by atoms with Crippen molar-refractivity contribution in [2.45, 2.75) is 11.7 Å². The largest absolute Gasteiger partial charge is 0.363 e. The van der Waals surface area contributed by atoms with Crippen LogP contribution in [0.1, 0.15) is 27.1 Å². The molecule has 0 bridgehead atoms. The molecule has 1 aliphatic heterocycles. The zero-order chi connectivity index (χ0) is 16.5. The fourth-order valence-electron chi connectivity index (χ4n) is 1.74. The van der Waals surface area contributed by atoms with Gasteiger partial charge in [-0.15, -0.1) is 5.06 Å². The van der Waals surface area contributed by atoms with Crippen molar-refractivity contribution in [2.24, 2.45) is 0 Å². The van der Waals surface area contributed by atoms with E-state index in [2.05, 4.69) is 4.84 Å². The van der Waals surface area contributed by atoms with Gasteiger partial charge in [0.15, 0.2) is 5.25 Å². The summed E-state index contributed by atoms with van der Waals surface area (Å²) >= 11 is 0. The van der Waals surface area contributed by atoms with Crippen molar-refractivity contribution >= 4 is 34.2 Å². The highest BCUT2D eigenvalue weighted by molar-refractivity contribution is 7.87. The molecule has 1 heterocycles. The fourth-order valence-corrected chi connectivity index (χ4v) is 2.45. The number of carbonyl (C=O) groups excluding carboxylic acids is 4.